The average molecular weight is 1070 g/mol. The van der Waals surface area contributed by atoms with Gasteiger partial charge in [-0.25, -0.2) is 0 Å². The maximum atomic E-state index is 9.53. The summed E-state index contributed by atoms with van der Waals surface area (Å²) >= 11 is 1.70. The lowest BCUT2D eigenvalue weighted by atomic mass is 9.91. The number of anilines is 3. The van der Waals surface area contributed by atoms with E-state index in [4.69, 9.17) is 5.48 Å². The van der Waals surface area contributed by atoms with Crippen molar-refractivity contribution < 1.29 is 11.0 Å². The van der Waals surface area contributed by atoms with Gasteiger partial charge in [0.15, 0.2) is 0 Å². The second-order valence-corrected chi connectivity index (χ2v) is 21.4. The van der Waals surface area contributed by atoms with Gasteiger partial charge < -0.3 is 14.0 Å². The quantitative estimate of drug-likeness (QED) is 0.121. The lowest BCUT2D eigenvalue weighted by Crippen LogP contribution is -2.13. The van der Waals surface area contributed by atoms with E-state index in [1.165, 1.54) is 0 Å². The van der Waals surface area contributed by atoms with Crippen molar-refractivity contribution in [2.75, 3.05) is 4.90 Å². The zero-order valence-electron chi connectivity index (χ0n) is 52.2. The highest BCUT2D eigenvalue weighted by molar-refractivity contribution is 7.99. The van der Waals surface area contributed by atoms with Gasteiger partial charge in [-0.2, -0.15) is 0 Å². The molecule has 0 N–H and O–H groups in total. The fourth-order valence-electron chi connectivity index (χ4n) is 11.7. The van der Waals surface area contributed by atoms with Crippen molar-refractivity contribution in [1.82, 2.24) is 9.13 Å². The first-order valence-electron chi connectivity index (χ1n) is 31.3. The first-order chi connectivity index (χ1) is 44.0. The lowest BCUT2D eigenvalue weighted by Gasteiger charge is -2.32. The monoisotopic (exact) mass is 1070 g/mol. The molecule has 82 heavy (non-hydrogen) atoms. The smallest absolute Gasteiger partial charge is 0.0645 e. The molecule has 0 atom stereocenters. The van der Waals surface area contributed by atoms with Crippen LogP contribution in [0.4, 0.5) is 17.1 Å². The number of hydrogen-bond acceptors (Lipinski definition) is 2. The largest absolute Gasteiger partial charge is 0.309 e. The van der Waals surface area contributed by atoms with Crippen molar-refractivity contribution >= 4 is 72.4 Å². The third-order valence-corrected chi connectivity index (χ3v) is 16.4. The van der Waals surface area contributed by atoms with Crippen LogP contribution in [-0.2, 0) is 0 Å². The van der Waals surface area contributed by atoms with Crippen LogP contribution in [0.3, 0.4) is 0 Å². The van der Waals surface area contributed by atoms with Gasteiger partial charge >= 0.3 is 0 Å². The van der Waals surface area contributed by atoms with E-state index in [2.05, 4.69) is 210 Å². The van der Waals surface area contributed by atoms with Gasteiger partial charge in [0.1, 0.15) is 0 Å². The average Bonchev–Trinajstić information content (AvgIpc) is 1.54. The van der Waals surface area contributed by atoms with Gasteiger partial charge in [0.25, 0.3) is 0 Å². The Kier molecular flexibility index (Phi) is 10.4. The summed E-state index contributed by atoms with van der Waals surface area (Å²) in [4.78, 5) is 4.32. The molecule has 386 valence electrons. The third-order valence-electron chi connectivity index (χ3n) is 15.4. The zero-order chi connectivity index (χ0) is 61.3. The number of hydrogen-bond donors (Lipinski definition) is 0. The maximum Gasteiger partial charge on any atom is 0.0645 e. The Hall–Kier alpha value is -10.4. The van der Waals surface area contributed by atoms with Gasteiger partial charge in [0.2, 0.25) is 0 Å². The molecule has 0 aliphatic heterocycles. The molecule has 0 spiro atoms. The van der Waals surface area contributed by atoms with Gasteiger partial charge in [-0.15, -0.1) is 0 Å². The molecule has 0 radical (unpaired) electrons. The molecule has 15 rings (SSSR count). The summed E-state index contributed by atoms with van der Waals surface area (Å²) in [5, 5.41) is 2.28. The summed E-state index contributed by atoms with van der Waals surface area (Å²) in [7, 11) is 0. The van der Waals surface area contributed by atoms with Gasteiger partial charge in [-0.05, 0) is 135 Å². The minimum atomic E-state index is -0.499. The van der Waals surface area contributed by atoms with Crippen LogP contribution in [0.5, 0.6) is 0 Å². The number of fused-ring (bicyclic) bond motifs is 6. The predicted molar refractivity (Wildman–Crippen MR) is 348 cm³/mol. The molecule has 0 aliphatic rings. The number of rotatable bonds is 12. The van der Waals surface area contributed by atoms with Crippen molar-refractivity contribution in [3.8, 4) is 67.0 Å². The highest BCUT2D eigenvalue weighted by Gasteiger charge is 2.26. The Labute approximate surface area is 493 Å². The molecule has 2 aromatic heterocycles. The first kappa shape index (κ1) is 40.7. The highest BCUT2D eigenvalue weighted by Crippen LogP contribution is 2.51. The van der Waals surface area contributed by atoms with Crippen LogP contribution >= 0.6 is 11.8 Å². The van der Waals surface area contributed by atoms with Crippen molar-refractivity contribution in [3.63, 3.8) is 0 Å². The molecule has 4 heteroatoms. The Morgan fingerprint density at radius 1 is 0.305 bits per heavy atom. The van der Waals surface area contributed by atoms with Crippen LogP contribution in [0.2, 0.25) is 0 Å². The predicted octanol–water partition coefficient (Wildman–Crippen LogP) is 21.8. The maximum absolute atomic E-state index is 9.53. The lowest BCUT2D eigenvalue weighted by molar-refractivity contribution is 1.17. The van der Waals surface area contributed by atoms with Crippen LogP contribution in [-0.4, -0.2) is 9.13 Å². The fraction of sp³-hybridized carbons (Fsp3) is 0. The molecule has 0 fully saturated rings. The number of nitrogens with zero attached hydrogens (tertiary/aromatic N) is 3. The number of aromatic nitrogens is 2. The SMILES string of the molecule is [2H]c1c([2H])c([2H])c2c(c1[2H])c1c([2H])c([2H])c([2H])c([2H])c1n2-c1cccc(N(c2cc(Sc3cccc4c3c3ccccc3n4-c3ccccc3)cc(-c3ccccc3)c2)c2c(-c3cccc(-c4ccccc4)c3)cccc2-c2cccc(-c3ccccc3)c2)c1. The molecule has 15 aromatic rings. The molecule has 0 unspecified atom stereocenters. The van der Waals surface area contributed by atoms with Crippen LogP contribution in [0.15, 0.2) is 331 Å². The second-order valence-electron chi connectivity index (χ2n) is 20.3. The molecule has 2 heterocycles. The van der Waals surface area contributed by atoms with Gasteiger partial charge in [-0.1, -0.05) is 242 Å². The van der Waals surface area contributed by atoms with E-state index in [-0.39, 0.29) is 33.9 Å². The van der Waals surface area contributed by atoms with E-state index >= 15 is 0 Å². The standard InChI is InChI=1S/C78H53N3S/c1-5-24-54(25-6-1)57-30-19-32-59(48-57)67-41-22-42-68(60-33-20-31-58(49-60)55-26-7-2-8-27-55)78(67)79(63-36-21-37-64(52-63)81-72-43-16-13-38-69(72)70-39-14-17-44-73(70)81)65-50-61(56-28-9-3-10-29-56)51-66(53-65)82-76-47-23-46-75-77(76)71-40-15-18-45-74(71)80(75)62-34-11-4-12-35-62/h1-53H/i13D,14D,16D,17D,38D,39D,43D,44D. The molecule has 0 saturated heterocycles. The van der Waals surface area contributed by atoms with E-state index < -0.39 is 36.3 Å². The minimum absolute atomic E-state index is 0.00799. The normalized spacial score (nSPS) is 12.8. The molecule has 0 amide bonds. The number of para-hydroxylation sites is 5. The topological polar surface area (TPSA) is 13.1 Å². The van der Waals surface area contributed by atoms with Crippen molar-refractivity contribution in [3.05, 3.63) is 321 Å². The molecule has 3 nitrogen and oxygen atoms in total. The Morgan fingerprint density at radius 2 is 0.780 bits per heavy atom. The molecule has 0 bridgehead atoms. The summed E-state index contributed by atoms with van der Waals surface area (Å²) in [6, 6.07) is 91.3. The van der Waals surface area contributed by atoms with Gasteiger partial charge in [0.05, 0.1) is 38.7 Å². The van der Waals surface area contributed by atoms with E-state index in [0.717, 1.165) is 104 Å². The molecular weight excluding hydrogens is 1010 g/mol. The second kappa shape index (κ2) is 21.0. The first-order valence-corrected chi connectivity index (χ1v) is 28.1. The van der Waals surface area contributed by atoms with Gasteiger partial charge in [-0.3, -0.25) is 0 Å². The van der Waals surface area contributed by atoms with Gasteiger partial charge in [0, 0.05) is 65.2 Å². The summed E-state index contributed by atoms with van der Waals surface area (Å²) in [6.07, 6.45) is 0. The Morgan fingerprint density at radius 3 is 1.41 bits per heavy atom. The molecular formula is C78H53N3S. The summed E-state index contributed by atoms with van der Waals surface area (Å²) in [6.45, 7) is 0. The summed E-state index contributed by atoms with van der Waals surface area (Å²) < 4.78 is 77.3. The summed E-state index contributed by atoms with van der Waals surface area (Å²) in [5.74, 6) is 0. The van der Waals surface area contributed by atoms with E-state index in [9.17, 15) is 5.48 Å². The van der Waals surface area contributed by atoms with E-state index in [1.54, 1.807) is 16.3 Å². The molecule has 13 aromatic carbocycles. The van der Waals surface area contributed by atoms with E-state index in [1.807, 2.05) is 72.8 Å². The highest BCUT2D eigenvalue weighted by atomic mass is 32.2. The fourth-order valence-corrected chi connectivity index (χ4v) is 12.8. The van der Waals surface area contributed by atoms with Crippen molar-refractivity contribution in [2.45, 2.75) is 9.79 Å². The molecule has 0 aliphatic carbocycles. The van der Waals surface area contributed by atoms with Crippen LogP contribution in [0.1, 0.15) is 11.0 Å². The van der Waals surface area contributed by atoms with Crippen LogP contribution < -0.4 is 4.90 Å². The van der Waals surface area contributed by atoms with Crippen molar-refractivity contribution in [1.29, 1.82) is 0 Å². The summed E-state index contributed by atoms with van der Waals surface area (Å²) in [5.41, 5.74) is 16.0. The van der Waals surface area contributed by atoms with Crippen LogP contribution in [0, 0.1) is 0 Å². The zero-order valence-corrected chi connectivity index (χ0v) is 45.0. The minimum Gasteiger partial charge on any atom is -0.309 e. The number of benzene rings is 13. The Balaban J connectivity index is 1.05. The third kappa shape index (κ3) is 8.83. The molecule has 0 saturated carbocycles. The van der Waals surface area contributed by atoms with E-state index in [0.29, 0.717) is 11.4 Å². The van der Waals surface area contributed by atoms with Crippen LogP contribution in [0.25, 0.3) is 111 Å². The Bertz CT molecular complexity index is 5150. The van der Waals surface area contributed by atoms with Crippen molar-refractivity contribution in [2.24, 2.45) is 0 Å².